The Bertz CT molecular complexity index is 340. The van der Waals surface area contributed by atoms with E-state index < -0.39 is 0 Å². The van der Waals surface area contributed by atoms with Gasteiger partial charge in [-0.2, -0.15) is 0 Å². The topological polar surface area (TPSA) is 68.0 Å². The SMILES string of the molecule is CC(CC(N)=O)NCCc1ccc(Cl)nc1. The van der Waals surface area contributed by atoms with Gasteiger partial charge < -0.3 is 11.1 Å². The van der Waals surface area contributed by atoms with Crippen LogP contribution in [-0.4, -0.2) is 23.5 Å². The van der Waals surface area contributed by atoms with Gasteiger partial charge in [-0.25, -0.2) is 4.98 Å². The normalized spacial score (nSPS) is 12.4. The van der Waals surface area contributed by atoms with E-state index in [0.717, 1.165) is 18.5 Å². The third-order valence-electron chi connectivity index (χ3n) is 2.20. The standard InChI is InChI=1S/C11H16ClN3O/c1-8(6-11(13)16)14-5-4-9-2-3-10(12)15-7-9/h2-3,7-8,14H,4-6H2,1H3,(H2,13,16). The Morgan fingerprint density at radius 2 is 2.38 bits per heavy atom. The van der Waals surface area contributed by atoms with Crippen LogP contribution < -0.4 is 11.1 Å². The summed E-state index contributed by atoms with van der Waals surface area (Å²) in [6.45, 7) is 2.72. The van der Waals surface area contributed by atoms with Crippen LogP contribution in [0.2, 0.25) is 5.15 Å². The fraction of sp³-hybridized carbons (Fsp3) is 0.455. The first kappa shape index (κ1) is 12.9. The Balaban J connectivity index is 2.25. The predicted octanol–water partition coefficient (Wildman–Crippen LogP) is 1.13. The minimum atomic E-state index is -0.284. The molecule has 0 aromatic carbocycles. The van der Waals surface area contributed by atoms with E-state index >= 15 is 0 Å². The number of primary amides is 1. The van der Waals surface area contributed by atoms with Gasteiger partial charge in [0.1, 0.15) is 5.15 Å². The zero-order valence-electron chi connectivity index (χ0n) is 9.24. The van der Waals surface area contributed by atoms with Gasteiger partial charge in [0.05, 0.1) is 0 Å². The van der Waals surface area contributed by atoms with Crippen molar-refractivity contribution in [1.29, 1.82) is 0 Å². The van der Waals surface area contributed by atoms with Gasteiger partial charge >= 0.3 is 0 Å². The number of rotatable bonds is 6. The number of nitrogens with zero attached hydrogens (tertiary/aromatic N) is 1. The van der Waals surface area contributed by atoms with Crippen molar-refractivity contribution in [2.75, 3.05) is 6.54 Å². The number of hydrogen-bond acceptors (Lipinski definition) is 3. The molecule has 0 radical (unpaired) electrons. The number of nitrogens with two attached hydrogens (primary N) is 1. The summed E-state index contributed by atoms with van der Waals surface area (Å²) in [4.78, 5) is 14.6. The summed E-state index contributed by atoms with van der Waals surface area (Å²) in [7, 11) is 0. The highest BCUT2D eigenvalue weighted by atomic mass is 35.5. The summed E-state index contributed by atoms with van der Waals surface area (Å²) in [6.07, 6.45) is 2.97. The minimum absolute atomic E-state index is 0.109. The van der Waals surface area contributed by atoms with E-state index in [1.165, 1.54) is 0 Å². The van der Waals surface area contributed by atoms with Gasteiger partial charge in [0.15, 0.2) is 0 Å². The third-order valence-corrected chi connectivity index (χ3v) is 2.43. The largest absolute Gasteiger partial charge is 0.370 e. The molecular weight excluding hydrogens is 226 g/mol. The average molecular weight is 242 g/mol. The summed E-state index contributed by atoms with van der Waals surface area (Å²) in [5.41, 5.74) is 6.20. The Morgan fingerprint density at radius 3 is 2.94 bits per heavy atom. The molecule has 0 aliphatic rings. The highest BCUT2D eigenvalue weighted by molar-refractivity contribution is 6.29. The molecule has 3 N–H and O–H groups in total. The molecule has 4 nitrogen and oxygen atoms in total. The van der Waals surface area contributed by atoms with E-state index in [-0.39, 0.29) is 11.9 Å². The number of carbonyl (C=O) groups excluding carboxylic acids is 1. The molecule has 1 atom stereocenters. The zero-order valence-corrected chi connectivity index (χ0v) is 10.00. The third kappa shape index (κ3) is 5.09. The predicted molar refractivity (Wildman–Crippen MR) is 64.2 cm³/mol. The first-order valence-electron chi connectivity index (χ1n) is 5.20. The van der Waals surface area contributed by atoms with E-state index in [0.29, 0.717) is 11.6 Å². The Kier molecular flexibility index (Phi) is 5.22. The molecule has 1 amide bonds. The van der Waals surface area contributed by atoms with Gasteiger partial charge in [-0.15, -0.1) is 0 Å². The van der Waals surface area contributed by atoms with E-state index in [1.807, 2.05) is 13.0 Å². The number of amides is 1. The zero-order chi connectivity index (χ0) is 12.0. The van der Waals surface area contributed by atoms with Gasteiger partial charge in [-0.1, -0.05) is 17.7 Å². The summed E-state index contributed by atoms with van der Waals surface area (Å²) >= 11 is 5.68. The quantitative estimate of drug-likeness (QED) is 0.734. The molecule has 0 bridgehead atoms. The van der Waals surface area contributed by atoms with Crippen molar-refractivity contribution in [3.05, 3.63) is 29.0 Å². The number of halogens is 1. The van der Waals surface area contributed by atoms with E-state index in [4.69, 9.17) is 17.3 Å². The lowest BCUT2D eigenvalue weighted by atomic mass is 10.2. The Labute approximate surface area is 100 Å². The van der Waals surface area contributed by atoms with Crippen molar-refractivity contribution < 1.29 is 4.79 Å². The number of pyridine rings is 1. The molecule has 1 aromatic rings. The van der Waals surface area contributed by atoms with Gasteiger partial charge in [-0.3, -0.25) is 4.79 Å². The average Bonchev–Trinajstić information content (AvgIpc) is 2.20. The van der Waals surface area contributed by atoms with Crippen LogP contribution in [0.1, 0.15) is 18.9 Å². The minimum Gasteiger partial charge on any atom is -0.370 e. The number of aromatic nitrogens is 1. The molecule has 0 aliphatic heterocycles. The maximum Gasteiger partial charge on any atom is 0.218 e. The highest BCUT2D eigenvalue weighted by Gasteiger charge is 2.04. The van der Waals surface area contributed by atoms with Crippen molar-refractivity contribution in [1.82, 2.24) is 10.3 Å². The molecule has 1 aromatic heterocycles. The number of nitrogens with one attached hydrogen (secondary N) is 1. The molecule has 0 aliphatic carbocycles. The lowest BCUT2D eigenvalue weighted by molar-refractivity contribution is -0.118. The van der Waals surface area contributed by atoms with Crippen LogP contribution in [0.3, 0.4) is 0 Å². The fourth-order valence-corrected chi connectivity index (χ4v) is 1.50. The van der Waals surface area contributed by atoms with Gasteiger partial charge in [-0.05, 0) is 31.5 Å². The monoisotopic (exact) mass is 241 g/mol. The smallest absolute Gasteiger partial charge is 0.218 e. The van der Waals surface area contributed by atoms with Crippen LogP contribution in [-0.2, 0) is 11.2 Å². The summed E-state index contributed by atoms with van der Waals surface area (Å²) in [6, 6.07) is 3.82. The molecule has 1 unspecified atom stereocenters. The van der Waals surface area contributed by atoms with Crippen molar-refractivity contribution in [3.8, 4) is 0 Å². The lowest BCUT2D eigenvalue weighted by Crippen LogP contribution is -2.32. The van der Waals surface area contributed by atoms with Crippen LogP contribution in [0, 0.1) is 0 Å². The second-order valence-corrected chi connectivity index (χ2v) is 4.15. The number of carbonyl (C=O) groups is 1. The molecule has 0 saturated heterocycles. The maximum absolute atomic E-state index is 10.6. The summed E-state index contributed by atoms with van der Waals surface area (Å²) in [5, 5.41) is 3.71. The van der Waals surface area contributed by atoms with Gasteiger partial charge in [0.2, 0.25) is 5.91 Å². The van der Waals surface area contributed by atoms with Gasteiger partial charge in [0, 0.05) is 18.7 Å². The van der Waals surface area contributed by atoms with E-state index in [1.54, 1.807) is 12.3 Å². The van der Waals surface area contributed by atoms with Crippen molar-refractivity contribution in [2.45, 2.75) is 25.8 Å². The fourth-order valence-electron chi connectivity index (χ4n) is 1.39. The first-order chi connectivity index (χ1) is 7.58. The van der Waals surface area contributed by atoms with Crippen molar-refractivity contribution >= 4 is 17.5 Å². The Morgan fingerprint density at radius 1 is 1.62 bits per heavy atom. The second-order valence-electron chi connectivity index (χ2n) is 3.76. The number of hydrogen-bond donors (Lipinski definition) is 2. The van der Waals surface area contributed by atoms with Crippen LogP contribution in [0.15, 0.2) is 18.3 Å². The Hall–Kier alpha value is -1.13. The maximum atomic E-state index is 10.6. The van der Waals surface area contributed by atoms with Crippen LogP contribution >= 0.6 is 11.6 Å². The molecule has 1 heterocycles. The highest BCUT2D eigenvalue weighted by Crippen LogP contribution is 2.05. The summed E-state index contributed by atoms with van der Waals surface area (Å²) in [5.74, 6) is -0.284. The molecule has 16 heavy (non-hydrogen) atoms. The lowest BCUT2D eigenvalue weighted by Gasteiger charge is -2.11. The molecule has 0 saturated carbocycles. The molecular formula is C11H16ClN3O. The van der Waals surface area contributed by atoms with Crippen molar-refractivity contribution in [3.63, 3.8) is 0 Å². The van der Waals surface area contributed by atoms with Crippen LogP contribution in [0.25, 0.3) is 0 Å². The van der Waals surface area contributed by atoms with Crippen molar-refractivity contribution in [2.24, 2.45) is 5.73 Å². The van der Waals surface area contributed by atoms with E-state index in [2.05, 4.69) is 10.3 Å². The van der Waals surface area contributed by atoms with Crippen LogP contribution in [0.5, 0.6) is 0 Å². The van der Waals surface area contributed by atoms with Gasteiger partial charge in [0.25, 0.3) is 0 Å². The molecule has 5 heteroatoms. The van der Waals surface area contributed by atoms with E-state index in [9.17, 15) is 4.79 Å². The summed E-state index contributed by atoms with van der Waals surface area (Å²) < 4.78 is 0. The molecule has 0 spiro atoms. The second kappa shape index (κ2) is 6.45. The first-order valence-corrected chi connectivity index (χ1v) is 5.58. The molecule has 88 valence electrons. The molecule has 0 fully saturated rings. The van der Waals surface area contributed by atoms with Crippen LogP contribution in [0.4, 0.5) is 0 Å². The molecule has 1 rings (SSSR count).